The lowest BCUT2D eigenvalue weighted by atomic mass is 9.99. The van der Waals surface area contributed by atoms with Gasteiger partial charge in [0.05, 0.1) is 0 Å². The predicted molar refractivity (Wildman–Crippen MR) is 90.6 cm³/mol. The van der Waals surface area contributed by atoms with Gasteiger partial charge in [-0.1, -0.05) is 13.0 Å². The number of carbonyl (C=O) groups excluding carboxylic acids is 1. The summed E-state index contributed by atoms with van der Waals surface area (Å²) in [5.41, 5.74) is -0.119. The van der Waals surface area contributed by atoms with Crippen LogP contribution < -0.4 is 5.32 Å². The summed E-state index contributed by atoms with van der Waals surface area (Å²) in [6.07, 6.45) is 5.37. The zero-order valence-electron chi connectivity index (χ0n) is 14.0. The second kappa shape index (κ2) is 7.55. The highest BCUT2D eigenvalue weighted by atomic mass is 19.1. The molecule has 132 valence electrons. The first-order chi connectivity index (χ1) is 12.1. The molecule has 1 atom stereocenters. The lowest BCUT2D eigenvalue weighted by Crippen LogP contribution is -2.43. The number of hydrogen-bond acceptors (Lipinski definition) is 4. The van der Waals surface area contributed by atoms with Crippen molar-refractivity contribution < 1.29 is 13.6 Å². The first-order valence-electron chi connectivity index (χ1n) is 8.45. The molecule has 1 aromatic carbocycles. The van der Waals surface area contributed by atoms with Crippen molar-refractivity contribution in [2.75, 3.05) is 11.9 Å². The normalized spacial score (nSPS) is 17.4. The van der Waals surface area contributed by atoms with Crippen LogP contribution in [0, 0.1) is 11.6 Å². The number of amides is 1. The van der Waals surface area contributed by atoms with Crippen molar-refractivity contribution in [2.45, 2.75) is 38.6 Å². The Labute approximate surface area is 145 Å². The van der Waals surface area contributed by atoms with Gasteiger partial charge in [0.1, 0.15) is 23.0 Å². The van der Waals surface area contributed by atoms with Crippen molar-refractivity contribution in [1.82, 2.24) is 14.9 Å². The van der Waals surface area contributed by atoms with Gasteiger partial charge in [0, 0.05) is 18.8 Å². The fourth-order valence-electron chi connectivity index (χ4n) is 3.11. The standard InChI is InChI=1S/C18H20F2N4O/c1-2-12-6-3-4-11-24(12)17(25)15-9-10-21-18(22-15)23-16-13(19)7-5-8-14(16)20/h5,7-10,12H,2-4,6,11H2,1H3,(H,21,22,23). The number of benzene rings is 1. The molecule has 5 nitrogen and oxygen atoms in total. The third-order valence-electron chi connectivity index (χ3n) is 4.43. The molecule has 7 heteroatoms. The van der Waals surface area contributed by atoms with Crippen molar-refractivity contribution in [3.8, 4) is 0 Å². The molecule has 1 unspecified atom stereocenters. The maximum absolute atomic E-state index is 13.7. The van der Waals surface area contributed by atoms with Gasteiger partial charge in [-0.3, -0.25) is 4.79 Å². The molecule has 0 spiro atoms. The molecule has 1 aliphatic rings. The van der Waals surface area contributed by atoms with Gasteiger partial charge in [0.15, 0.2) is 0 Å². The molecule has 0 radical (unpaired) electrons. The Bertz CT molecular complexity index is 748. The molecule has 0 saturated carbocycles. The summed E-state index contributed by atoms with van der Waals surface area (Å²) < 4.78 is 27.5. The van der Waals surface area contributed by atoms with E-state index in [0.717, 1.165) is 37.8 Å². The topological polar surface area (TPSA) is 58.1 Å². The first kappa shape index (κ1) is 17.3. The number of piperidine rings is 1. The molecule has 0 aliphatic carbocycles. The van der Waals surface area contributed by atoms with Crippen LogP contribution in [0.4, 0.5) is 20.4 Å². The molecule has 1 N–H and O–H groups in total. The second-order valence-corrected chi connectivity index (χ2v) is 6.04. The smallest absolute Gasteiger partial charge is 0.272 e. The van der Waals surface area contributed by atoms with Crippen LogP contribution in [-0.4, -0.2) is 33.4 Å². The van der Waals surface area contributed by atoms with Crippen LogP contribution in [0.1, 0.15) is 43.1 Å². The fourth-order valence-corrected chi connectivity index (χ4v) is 3.11. The molecule has 1 aromatic heterocycles. The summed E-state index contributed by atoms with van der Waals surface area (Å²) in [4.78, 5) is 22.7. The Morgan fingerprint density at radius 2 is 2.04 bits per heavy atom. The van der Waals surface area contributed by atoms with Gasteiger partial charge in [-0.25, -0.2) is 18.7 Å². The maximum atomic E-state index is 13.7. The van der Waals surface area contributed by atoms with E-state index in [1.54, 1.807) is 0 Å². The van der Waals surface area contributed by atoms with Crippen molar-refractivity contribution in [3.05, 3.63) is 47.8 Å². The quantitative estimate of drug-likeness (QED) is 0.912. The third-order valence-corrected chi connectivity index (χ3v) is 4.43. The summed E-state index contributed by atoms with van der Waals surface area (Å²) in [5, 5.41) is 2.52. The number of anilines is 2. The van der Waals surface area contributed by atoms with Crippen LogP contribution in [0.5, 0.6) is 0 Å². The molecule has 1 aliphatic heterocycles. The van der Waals surface area contributed by atoms with Crippen LogP contribution in [0.15, 0.2) is 30.5 Å². The van der Waals surface area contributed by atoms with Crippen LogP contribution in [0.2, 0.25) is 0 Å². The van der Waals surface area contributed by atoms with E-state index in [1.165, 1.54) is 18.3 Å². The SMILES string of the molecule is CCC1CCCCN1C(=O)c1ccnc(Nc2c(F)cccc2F)n1. The van der Waals surface area contributed by atoms with Gasteiger partial charge in [-0.2, -0.15) is 0 Å². The highest BCUT2D eigenvalue weighted by molar-refractivity contribution is 5.92. The fraction of sp³-hybridized carbons (Fsp3) is 0.389. The molecule has 2 heterocycles. The minimum atomic E-state index is -0.748. The number of para-hydroxylation sites is 1. The molecular weight excluding hydrogens is 326 g/mol. The Hall–Kier alpha value is -2.57. The Morgan fingerprint density at radius 3 is 2.76 bits per heavy atom. The van der Waals surface area contributed by atoms with Gasteiger partial charge in [-0.05, 0) is 43.9 Å². The van der Waals surface area contributed by atoms with Crippen molar-refractivity contribution in [2.24, 2.45) is 0 Å². The minimum Gasteiger partial charge on any atom is -0.334 e. The summed E-state index contributed by atoms with van der Waals surface area (Å²) in [7, 11) is 0. The zero-order chi connectivity index (χ0) is 17.8. The molecule has 3 rings (SSSR count). The second-order valence-electron chi connectivity index (χ2n) is 6.04. The first-order valence-corrected chi connectivity index (χ1v) is 8.45. The van der Waals surface area contributed by atoms with Crippen molar-refractivity contribution in [1.29, 1.82) is 0 Å². The Kier molecular flexibility index (Phi) is 5.21. The van der Waals surface area contributed by atoms with Gasteiger partial charge >= 0.3 is 0 Å². The Morgan fingerprint density at radius 1 is 1.28 bits per heavy atom. The molecule has 2 aromatic rings. The molecule has 1 saturated heterocycles. The van der Waals surface area contributed by atoms with Gasteiger partial charge in [0.25, 0.3) is 5.91 Å². The van der Waals surface area contributed by atoms with E-state index < -0.39 is 11.6 Å². The summed E-state index contributed by atoms with van der Waals surface area (Å²) >= 11 is 0. The zero-order valence-corrected chi connectivity index (χ0v) is 14.0. The van der Waals surface area contributed by atoms with Gasteiger partial charge in [-0.15, -0.1) is 0 Å². The summed E-state index contributed by atoms with van der Waals surface area (Å²) in [6.45, 7) is 2.76. The number of aromatic nitrogens is 2. The number of nitrogens with one attached hydrogen (secondary N) is 1. The average Bonchev–Trinajstić information content (AvgIpc) is 2.64. The van der Waals surface area contributed by atoms with Crippen molar-refractivity contribution in [3.63, 3.8) is 0 Å². The molecule has 1 amide bonds. The number of nitrogens with zero attached hydrogens (tertiary/aromatic N) is 3. The number of halogens is 2. The van der Waals surface area contributed by atoms with Gasteiger partial charge < -0.3 is 10.2 Å². The molecule has 0 bridgehead atoms. The third kappa shape index (κ3) is 3.75. The van der Waals surface area contributed by atoms with E-state index in [2.05, 4.69) is 22.2 Å². The number of likely N-dealkylation sites (tertiary alicyclic amines) is 1. The Balaban J connectivity index is 1.82. The van der Waals surface area contributed by atoms with E-state index in [1.807, 2.05) is 4.90 Å². The van der Waals surface area contributed by atoms with E-state index in [9.17, 15) is 13.6 Å². The van der Waals surface area contributed by atoms with Crippen LogP contribution in [0.25, 0.3) is 0 Å². The minimum absolute atomic E-state index is 0.0140. The molecule has 1 fully saturated rings. The monoisotopic (exact) mass is 346 g/mol. The number of hydrogen-bond donors (Lipinski definition) is 1. The number of carbonyl (C=O) groups is 1. The van der Waals surface area contributed by atoms with E-state index in [0.29, 0.717) is 6.54 Å². The van der Waals surface area contributed by atoms with E-state index in [-0.39, 0.29) is 29.3 Å². The van der Waals surface area contributed by atoms with Gasteiger partial charge in [0.2, 0.25) is 5.95 Å². The highest BCUT2D eigenvalue weighted by Crippen LogP contribution is 2.23. The molecular formula is C18H20F2N4O. The maximum Gasteiger partial charge on any atom is 0.272 e. The van der Waals surface area contributed by atoms with Crippen LogP contribution in [0.3, 0.4) is 0 Å². The lowest BCUT2D eigenvalue weighted by Gasteiger charge is -2.35. The lowest BCUT2D eigenvalue weighted by molar-refractivity contribution is 0.0602. The molecule has 25 heavy (non-hydrogen) atoms. The summed E-state index contributed by atoms with van der Waals surface area (Å²) in [5.74, 6) is -1.68. The van der Waals surface area contributed by atoms with E-state index in [4.69, 9.17) is 0 Å². The highest BCUT2D eigenvalue weighted by Gasteiger charge is 2.27. The summed E-state index contributed by atoms with van der Waals surface area (Å²) in [6, 6.07) is 5.28. The van der Waals surface area contributed by atoms with Crippen molar-refractivity contribution >= 4 is 17.5 Å². The van der Waals surface area contributed by atoms with Crippen LogP contribution in [-0.2, 0) is 0 Å². The average molecular weight is 346 g/mol. The van der Waals surface area contributed by atoms with E-state index >= 15 is 0 Å². The van der Waals surface area contributed by atoms with Crippen LogP contribution >= 0.6 is 0 Å². The largest absolute Gasteiger partial charge is 0.334 e. The predicted octanol–water partition coefficient (Wildman–Crippen LogP) is 3.90. The number of rotatable bonds is 4.